The smallest absolute Gasteiger partial charge is 0.416 e. The molecule has 1 spiro atoms. The second-order valence-corrected chi connectivity index (χ2v) is 13.4. The lowest BCUT2D eigenvalue weighted by Crippen LogP contribution is -2.60. The van der Waals surface area contributed by atoms with E-state index in [-0.39, 0.29) is 17.7 Å². The second-order valence-electron chi connectivity index (χ2n) is 9.72. The van der Waals surface area contributed by atoms with Crippen molar-refractivity contribution < 1.29 is 53.4 Å². The number of carbonyl (C=O) groups excluding carboxylic acids is 1. The second kappa shape index (κ2) is 10.2. The molecule has 2 heterocycles. The molecular weight excluding hydrogens is 614 g/mol. The van der Waals surface area contributed by atoms with Crippen LogP contribution >= 0.6 is 0 Å². The van der Waals surface area contributed by atoms with E-state index in [1.807, 2.05) is 0 Å². The summed E-state index contributed by atoms with van der Waals surface area (Å²) in [6.45, 7) is -1.74. The highest BCUT2D eigenvalue weighted by Gasteiger charge is 2.60. The molecule has 0 bridgehead atoms. The first-order chi connectivity index (χ1) is 19.5. The van der Waals surface area contributed by atoms with E-state index < -0.39 is 85.2 Å². The average molecular weight is 635 g/mol. The number of carbonyl (C=O) groups is 1. The molecule has 5 rings (SSSR count). The Morgan fingerprint density at radius 2 is 1.33 bits per heavy atom. The van der Waals surface area contributed by atoms with Gasteiger partial charge in [0.1, 0.15) is 17.9 Å². The lowest BCUT2D eigenvalue weighted by atomic mass is 9.99. The van der Waals surface area contributed by atoms with Crippen molar-refractivity contribution in [3.63, 3.8) is 0 Å². The molecule has 1 saturated heterocycles. The molecule has 3 unspecified atom stereocenters. The molecular formula is C26H20F6N2O6S2. The summed E-state index contributed by atoms with van der Waals surface area (Å²) in [7, 11) is -9.73. The Kier molecular flexibility index (Phi) is 7.29. The Bertz CT molecular complexity index is 1650. The van der Waals surface area contributed by atoms with E-state index >= 15 is 0 Å². The van der Waals surface area contributed by atoms with Gasteiger partial charge >= 0.3 is 12.4 Å². The van der Waals surface area contributed by atoms with Gasteiger partial charge in [0, 0.05) is 18.7 Å². The lowest BCUT2D eigenvalue weighted by molar-refractivity contribution is -0.138. The van der Waals surface area contributed by atoms with E-state index in [2.05, 4.69) is 0 Å². The predicted octanol–water partition coefficient (Wildman–Crippen LogP) is 5.21. The van der Waals surface area contributed by atoms with Gasteiger partial charge in [0.25, 0.3) is 5.91 Å². The fourth-order valence-corrected chi connectivity index (χ4v) is 8.29. The van der Waals surface area contributed by atoms with Crippen molar-refractivity contribution in [3.05, 3.63) is 89.5 Å². The zero-order chi connectivity index (χ0) is 30.7. The third-order valence-electron chi connectivity index (χ3n) is 7.03. The van der Waals surface area contributed by atoms with E-state index in [4.69, 9.17) is 4.74 Å². The van der Waals surface area contributed by atoms with Crippen LogP contribution in [0.4, 0.5) is 26.3 Å². The maximum absolute atomic E-state index is 14.0. The minimum absolute atomic E-state index is 0.0391. The van der Waals surface area contributed by atoms with Gasteiger partial charge in [-0.3, -0.25) is 4.79 Å². The topological polar surface area (TPSA) is 113 Å². The molecule has 3 aromatic carbocycles. The Labute approximate surface area is 237 Å². The summed E-state index contributed by atoms with van der Waals surface area (Å²) in [4.78, 5) is 12.2. The van der Waals surface area contributed by atoms with Crippen molar-refractivity contribution in [3.8, 4) is 5.75 Å². The summed E-state index contributed by atoms with van der Waals surface area (Å²) in [5.74, 6) is -1.21. The van der Waals surface area contributed by atoms with Gasteiger partial charge in [0.15, 0.2) is 30.6 Å². The van der Waals surface area contributed by atoms with Gasteiger partial charge in [0.2, 0.25) is 0 Å². The van der Waals surface area contributed by atoms with Crippen molar-refractivity contribution in [2.24, 2.45) is 0 Å². The van der Waals surface area contributed by atoms with E-state index in [1.165, 1.54) is 24.3 Å². The summed E-state index contributed by atoms with van der Waals surface area (Å²) in [5.41, 5.74) is -4.71. The van der Waals surface area contributed by atoms with Gasteiger partial charge < -0.3 is 13.8 Å². The third-order valence-corrected chi connectivity index (χ3v) is 10.7. The highest BCUT2D eigenvalue weighted by Crippen LogP contribution is 2.44. The number of fused-ring (bicyclic) bond motifs is 1. The molecule has 1 amide bonds. The van der Waals surface area contributed by atoms with Gasteiger partial charge in [-0.05, 0) is 42.8 Å². The molecule has 0 radical (unpaired) electrons. The largest absolute Gasteiger partial charge is 0.593 e. The quantitative estimate of drug-likeness (QED) is 0.288. The van der Waals surface area contributed by atoms with Crippen molar-refractivity contribution in [1.29, 1.82) is 0 Å². The van der Waals surface area contributed by atoms with Crippen LogP contribution < -0.4 is 4.74 Å². The van der Waals surface area contributed by atoms with Gasteiger partial charge in [-0.15, -0.1) is 8.61 Å². The van der Waals surface area contributed by atoms with Crippen molar-refractivity contribution in [2.45, 2.75) is 34.1 Å². The molecule has 42 heavy (non-hydrogen) atoms. The predicted molar refractivity (Wildman–Crippen MR) is 134 cm³/mol. The Morgan fingerprint density at radius 3 is 1.90 bits per heavy atom. The molecule has 1 fully saturated rings. The molecule has 3 atom stereocenters. The van der Waals surface area contributed by atoms with Crippen LogP contribution in [0.5, 0.6) is 5.75 Å². The van der Waals surface area contributed by atoms with E-state index in [0.29, 0.717) is 28.6 Å². The van der Waals surface area contributed by atoms with Crippen LogP contribution in [-0.4, -0.2) is 48.9 Å². The number of halogens is 6. The third kappa shape index (κ3) is 5.21. The van der Waals surface area contributed by atoms with E-state index in [9.17, 15) is 48.7 Å². The van der Waals surface area contributed by atoms with Crippen LogP contribution in [0, 0.1) is 0 Å². The van der Waals surface area contributed by atoms with Crippen LogP contribution in [0.3, 0.4) is 0 Å². The molecule has 2 aliphatic rings. The first-order valence-electron chi connectivity index (χ1n) is 12.1. The van der Waals surface area contributed by atoms with Gasteiger partial charge in [0.05, 0.1) is 23.2 Å². The Balaban J connectivity index is 1.60. The maximum atomic E-state index is 14.0. The Morgan fingerprint density at radius 1 is 0.786 bits per heavy atom. The van der Waals surface area contributed by atoms with Crippen molar-refractivity contribution >= 4 is 26.7 Å². The van der Waals surface area contributed by atoms with Crippen molar-refractivity contribution in [2.75, 3.05) is 19.7 Å². The molecule has 0 N–H and O–H groups in total. The molecule has 3 aromatic rings. The summed E-state index contributed by atoms with van der Waals surface area (Å²) in [6, 6.07) is 11.2. The minimum Gasteiger partial charge on any atom is -0.593 e. The summed E-state index contributed by atoms with van der Waals surface area (Å²) >= 11 is 0. The minimum atomic E-state index is -5.08. The van der Waals surface area contributed by atoms with Gasteiger partial charge in [-0.1, -0.05) is 32.7 Å². The lowest BCUT2D eigenvalue weighted by Gasteiger charge is -2.39. The molecule has 8 nitrogen and oxygen atoms in total. The monoisotopic (exact) mass is 634 g/mol. The number of amides is 1. The first kappa shape index (κ1) is 30.2. The SMILES string of the molecule is O=C1c2ccccc2OCC2(CCN([S+](=O)([O-])c3cccc(C(F)(F)F)c3)C2)N1[S+](=O)([O-])c1cccc(C(F)(F)F)c1. The molecule has 0 saturated carbocycles. The number of hydrogen-bond donors (Lipinski definition) is 0. The van der Waals surface area contributed by atoms with Gasteiger partial charge in [-0.2, -0.15) is 26.3 Å². The van der Waals surface area contributed by atoms with Crippen LogP contribution in [0.1, 0.15) is 27.9 Å². The van der Waals surface area contributed by atoms with Crippen LogP contribution in [0.15, 0.2) is 82.6 Å². The van der Waals surface area contributed by atoms with Crippen LogP contribution in [-0.2, 0) is 41.6 Å². The first-order valence-corrected chi connectivity index (χ1v) is 15.0. The molecule has 16 heteroatoms. The van der Waals surface area contributed by atoms with E-state index in [1.54, 1.807) is 0 Å². The normalized spacial score (nSPS) is 22.7. The fourth-order valence-electron chi connectivity index (χ4n) is 4.96. The number of para-hydroxylation sites is 1. The van der Waals surface area contributed by atoms with Crippen LogP contribution in [0.2, 0.25) is 0 Å². The highest BCUT2D eigenvalue weighted by atomic mass is 32.3. The summed E-state index contributed by atoms with van der Waals surface area (Å²) in [6.07, 6.45) is -10.1. The van der Waals surface area contributed by atoms with E-state index in [0.717, 1.165) is 28.6 Å². The average Bonchev–Trinajstić information content (AvgIpc) is 3.31. The van der Waals surface area contributed by atoms with Crippen LogP contribution in [0.25, 0.3) is 0 Å². The highest BCUT2D eigenvalue weighted by molar-refractivity contribution is 7.96. The standard InChI is InChI=1S/C26H20F6N2O6S2/c27-25(28,29)17-5-3-7-19(13-17)41(36,37)33-12-11-24(15-33)16-40-22-10-2-1-9-21(22)23(35)34(24)42(38,39)20-8-4-6-18(14-20)26(30,31)32/h1-10,13-14H,11-12,15-16H2. The number of ether oxygens (including phenoxy) is 1. The molecule has 0 aliphatic carbocycles. The van der Waals surface area contributed by atoms with Gasteiger partial charge in [-0.25, -0.2) is 0 Å². The fraction of sp³-hybridized carbons (Fsp3) is 0.269. The summed E-state index contributed by atoms with van der Waals surface area (Å²) < 4.78 is 142. The Hall–Kier alpha value is -3.31. The molecule has 224 valence electrons. The number of nitrogens with zero attached hydrogens (tertiary/aromatic N) is 2. The number of sulfonamides is 2. The maximum Gasteiger partial charge on any atom is 0.416 e. The number of rotatable bonds is 4. The zero-order valence-corrected chi connectivity index (χ0v) is 22.8. The number of hydrogen-bond acceptors (Lipinski definition) is 6. The number of benzene rings is 3. The number of alkyl halides is 6. The summed E-state index contributed by atoms with van der Waals surface area (Å²) in [5, 5.41) is 0. The molecule has 2 aliphatic heterocycles. The zero-order valence-electron chi connectivity index (χ0n) is 21.2. The molecule has 0 aromatic heterocycles. The van der Waals surface area contributed by atoms with Crippen molar-refractivity contribution in [1.82, 2.24) is 8.61 Å².